The molecule has 0 spiro atoms. The number of aromatic nitrogens is 1. The number of carboxylic acid groups (broad SMARTS) is 1. The molecule has 1 amide bonds. The van der Waals surface area contributed by atoms with Gasteiger partial charge in [-0.25, -0.2) is 14.6 Å². The second kappa shape index (κ2) is 5.88. The summed E-state index contributed by atoms with van der Waals surface area (Å²) < 4.78 is 5.04. The molecule has 0 aromatic carbocycles. The highest BCUT2D eigenvalue weighted by atomic mass is 35.5. The minimum absolute atomic E-state index is 0.0496. The number of ether oxygens (including phenoxy) is 1. The number of rotatable bonds is 3. The molecule has 0 aliphatic heterocycles. The molecule has 0 fully saturated rings. The zero-order valence-corrected chi connectivity index (χ0v) is 11.6. The lowest BCUT2D eigenvalue weighted by Gasteiger charge is -2.19. The maximum absolute atomic E-state index is 11.4. The second-order valence-electron chi connectivity index (χ2n) is 4.79. The first-order chi connectivity index (χ1) is 8.69. The Balaban J connectivity index is 2.66. The standard InChI is InChI=1S/C12H15ClN2O4/c1-12(2,3)19-11(18)14-6-7-4-5-8(13)9(15-7)10(16)17/h4-5H,6H2,1-3H3,(H,14,18)(H,16,17). The van der Waals surface area contributed by atoms with Crippen LogP contribution in [-0.2, 0) is 11.3 Å². The first-order valence-corrected chi connectivity index (χ1v) is 5.92. The maximum atomic E-state index is 11.4. The maximum Gasteiger partial charge on any atom is 0.407 e. The zero-order chi connectivity index (χ0) is 14.6. The summed E-state index contributed by atoms with van der Waals surface area (Å²) in [6.07, 6.45) is -0.596. The molecule has 7 heteroatoms. The van der Waals surface area contributed by atoms with Crippen molar-refractivity contribution in [3.8, 4) is 0 Å². The monoisotopic (exact) mass is 286 g/mol. The molecule has 6 nitrogen and oxygen atoms in total. The van der Waals surface area contributed by atoms with Crippen LogP contribution in [0.2, 0.25) is 5.02 Å². The van der Waals surface area contributed by atoms with Crippen LogP contribution in [0.4, 0.5) is 4.79 Å². The Morgan fingerprint density at radius 1 is 1.42 bits per heavy atom. The van der Waals surface area contributed by atoms with E-state index < -0.39 is 17.7 Å². The van der Waals surface area contributed by atoms with Crippen molar-refractivity contribution in [1.82, 2.24) is 10.3 Å². The van der Waals surface area contributed by atoms with Crippen LogP contribution < -0.4 is 5.32 Å². The summed E-state index contributed by atoms with van der Waals surface area (Å²) in [6, 6.07) is 2.95. The van der Waals surface area contributed by atoms with Gasteiger partial charge in [-0.3, -0.25) is 0 Å². The minimum atomic E-state index is -1.22. The van der Waals surface area contributed by atoms with E-state index in [4.69, 9.17) is 21.4 Å². The quantitative estimate of drug-likeness (QED) is 0.891. The number of pyridine rings is 1. The summed E-state index contributed by atoms with van der Waals surface area (Å²) in [5.74, 6) is -1.22. The summed E-state index contributed by atoms with van der Waals surface area (Å²) in [5, 5.41) is 11.4. The molecular formula is C12H15ClN2O4. The second-order valence-corrected chi connectivity index (χ2v) is 5.20. The summed E-state index contributed by atoms with van der Waals surface area (Å²) in [7, 11) is 0. The van der Waals surface area contributed by atoms with Gasteiger partial charge in [0.15, 0.2) is 5.69 Å². The Morgan fingerprint density at radius 2 is 2.05 bits per heavy atom. The van der Waals surface area contributed by atoms with Gasteiger partial charge in [-0.05, 0) is 32.9 Å². The van der Waals surface area contributed by atoms with Gasteiger partial charge < -0.3 is 15.2 Å². The van der Waals surface area contributed by atoms with Crippen molar-refractivity contribution in [3.63, 3.8) is 0 Å². The van der Waals surface area contributed by atoms with Crippen LogP contribution in [0.5, 0.6) is 0 Å². The summed E-state index contributed by atoms with van der Waals surface area (Å²) in [4.78, 5) is 26.1. The molecule has 0 bridgehead atoms. The third-order valence-electron chi connectivity index (χ3n) is 1.92. The van der Waals surface area contributed by atoms with Gasteiger partial charge in [0.2, 0.25) is 0 Å². The molecule has 19 heavy (non-hydrogen) atoms. The molecule has 1 aromatic heterocycles. The molecule has 0 radical (unpaired) electrons. The van der Waals surface area contributed by atoms with Crippen LogP contribution in [0.15, 0.2) is 12.1 Å². The lowest BCUT2D eigenvalue weighted by Crippen LogP contribution is -2.32. The van der Waals surface area contributed by atoms with Crippen LogP contribution in [0, 0.1) is 0 Å². The lowest BCUT2D eigenvalue weighted by atomic mass is 10.2. The van der Waals surface area contributed by atoms with E-state index in [1.165, 1.54) is 12.1 Å². The Bertz CT molecular complexity index is 497. The molecule has 0 unspecified atom stereocenters. The molecule has 1 heterocycles. The predicted molar refractivity (Wildman–Crippen MR) is 69.3 cm³/mol. The van der Waals surface area contributed by atoms with Gasteiger partial charge in [-0.2, -0.15) is 0 Å². The number of halogens is 1. The minimum Gasteiger partial charge on any atom is -0.476 e. The Kier molecular flexibility index (Phi) is 4.72. The van der Waals surface area contributed by atoms with E-state index in [0.717, 1.165) is 0 Å². The first-order valence-electron chi connectivity index (χ1n) is 5.54. The van der Waals surface area contributed by atoms with E-state index in [-0.39, 0.29) is 17.3 Å². The highest BCUT2D eigenvalue weighted by Gasteiger charge is 2.16. The number of alkyl carbamates (subject to hydrolysis) is 1. The van der Waals surface area contributed by atoms with Gasteiger partial charge in [-0.15, -0.1) is 0 Å². The van der Waals surface area contributed by atoms with E-state index in [0.29, 0.717) is 5.69 Å². The number of amides is 1. The number of carbonyl (C=O) groups excluding carboxylic acids is 1. The fraction of sp³-hybridized carbons (Fsp3) is 0.417. The molecule has 104 valence electrons. The summed E-state index contributed by atoms with van der Waals surface area (Å²) in [5.41, 5.74) is -0.457. The molecule has 0 aliphatic rings. The number of nitrogens with zero attached hydrogens (tertiary/aromatic N) is 1. The van der Waals surface area contributed by atoms with Crippen LogP contribution in [0.3, 0.4) is 0 Å². The molecule has 0 saturated carbocycles. The molecule has 1 aromatic rings. The number of nitrogens with one attached hydrogen (secondary N) is 1. The number of carbonyl (C=O) groups is 2. The van der Waals surface area contributed by atoms with Crippen LogP contribution in [0.1, 0.15) is 37.0 Å². The number of hydrogen-bond donors (Lipinski definition) is 2. The van der Waals surface area contributed by atoms with Crippen LogP contribution in [-0.4, -0.2) is 27.8 Å². The van der Waals surface area contributed by atoms with Crippen molar-refractivity contribution >= 4 is 23.7 Å². The first kappa shape index (κ1) is 15.2. The number of aromatic carboxylic acids is 1. The van der Waals surface area contributed by atoms with Crippen molar-refractivity contribution in [3.05, 3.63) is 28.5 Å². The van der Waals surface area contributed by atoms with Gasteiger partial charge in [-0.1, -0.05) is 11.6 Å². The average Bonchev–Trinajstić information content (AvgIpc) is 2.25. The van der Waals surface area contributed by atoms with Crippen molar-refractivity contribution in [1.29, 1.82) is 0 Å². The topological polar surface area (TPSA) is 88.5 Å². The lowest BCUT2D eigenvalue weighted by molar-refractivity contribution is 0.0522. The van der Waals surface area contributed by atoms with Gasteiger partial charge in [0.1, 0.15) is 5.60 Å². The number of hydrogen-bond acceptors (Lipinski definition) is 4. The Labute approximate surface area is 115 Å². The van der Waals surface area contributed by atoms with Crippen molar-refractivity contribution < 1.29 is 19.4 Å². The van der Waals surface area contributed by atoms with E-state index in [1.807, 2.05) is 0 Å². The predicted octanol–water partition coefficient (Wildman–Crippen LogP) is 2.46. The third kappa shape index (κ3) is 5.13. The normalized spacial score (nSPS) is 10.9. The summed E-state index contributed by atoms with van der Waals surface area (Å²) >= 11 is 5.69. The zero-order valence-electron chi connectivity index (χ0n) is 10.9. The largest absolute Gasteiger partial charge is 0.476 e. The van der Waals surface area contributed by atoms with Gasteiger partial charge in [0, 0.05) is 0 Å². The van der Waals surface area contributed by atoms with Crippen LogP contribution in [0.25, 0.3) is 0 Å². The molecular weight excluding hydrogens is 272 g/mol. The van der Waals surface area contributed by atoms with Gasteiger partial charge in [0.25, 0.3) is 0 Å². The highest BCUT2D eigenvalue weighted by Crippen LogP contribution is 2.14. The Morgan fingerprint density at radius 3 is 2.58 bits per heavy atom. The van der Waals surface area contributed by atoms with Crippen molar-refractivity contribution in [2.75, 3.05) is 0 Å². The molecule has 1 rings (SSSR count). The van der Waals surface area contributed by atoms with Crippen molar-refractivity contribution in [2.24, 2.45) is 0 Å². The fourth-order valence-electron chi connectivity index (χ4n) is 1.21. The highest BCUT2D eigenvalue weighted by molar-refractivity contribution is 6.33. The third-order valence-corrected chi connectivity index (χ3v) is 2.22. The van der Waals surface area contributed by atoms with Gasteiger partial charge in [0.05, 0.1) is 17.3 Å². The number of carboxylic acids is 1. The molecule has 2 N–H and O–H groups in total. The smallest absolute Gasteiger partial charge is 0.407 e. The average molecular weight is 287 g/mol. The Hall–Kier alpha value is -1.82. The fourth-order valence-corrected chi connectivity index (χ4v) is 1.39. The summed E-state index contributed by atoms with van der Waals surface area (Å²) in [6.45, 7) is 5.30. The molecule has 0 atom stereocenters. The van der Waals surface area contributed by atoms with Crippen molar-refractivity contribution in [2.45, 2.75) is 32.9 Å². The SMILES string of the molecule is CC(C)(C)OC(=O)NCc1ccc(Cl)c(C(=O)O)n1. The molecule has 0 saturated heterocycles. The van der Waals surface area contributed by atoms with E-state index in [9.17, 15) is 9.59 Å². The van der Waals surface area contributed by atoms with E-state index in [1.54, 1.807) is 20.8 Å². The molecule has 0 aliphatic carbocycles. The van der Waals surface area contributed by atoms with E-state index in [2.05, 4.69) is 10.3 Å². The van der Waals surface area contributed by atoms with Gasteiger partial charge >= 0.3 is 12.1 Å². The van der Waals surface area contributed by atoms with Crippen LogP contribution >= 0.6 is 11.6 Å². The van der Waals surface area contributed by atoms with E-state index >= 15 is 0 Å².